The first kappa shape index (κ1) is 17.3. The third-order valence-corrected chi connectivity index (χ3v) is 5.01. The Bertz CT molecular complexity index is 768. The maximum absolute atomic E-state index is 12.6. The van der Waals surface area contributed by atoms with Crippen LogP contribution in [0.25, 0.3) is 5.69 Å². The van der Waals surface area contributed by atoms with Crippen molar-refractivity contribution in [3.8, 4) is 5.69 Å². The van der Waals surface area contributed by atoms with Gasteiger partial charge in [-0.15, -0.1) is 0 Å². The summed E-state index contributed by atoms with van der Waals surface area (Å²) < 4.78 is 1.71. The van der Waals surface area contributed by atoms with Crippen LogP contribution in [0.15, 0.2) is 24.3 Å². The summed E-state index contributed by atoms with van der Waals surface area (Å²) in [6.07, 6.45) is 0. The fourth-order valence-corrected chi connectivity index (χ4v) is 3.36. The second-order valence-corrected chi connectivity index (χ2v) is 7.27. The molecule has 1 amide bonds. The average Bonchev–Trinajstić information content (AvgIpc) is 2.89. The molecule has 0 aliphatic carbocycles. The summed E-state index contributed by atoms with van der Waals surface area (Å²) in [5, 5.41) is 5.40. The van der Waals surface area contributed by atoms with E-state index < -0.39 is 0 Å². The number of rotatable bonds is 4. The van der Waals surface area contributed by atoms with Gasteiger partial charge in [-0.1, -0.05) is 23.2 Å². The molecule has 1 aromatic carbocycles. The van der Waals surface area contributed by atoms with Crippen molar-refractivity contribution in [1.29, 1.82) is 0 Å². The van der Waals surface area contributed by atoms with Crippen LogP contribution >= 0.6 is 23.2 Å². The number of hydrogen-bond acceptors (Lipinski definition) is 3. The van der Waals surface area contributed by atoms with Gasteiger partial charge in [0.2, 0.25) is 0 Å². The fraction of sp³-hybridized carbons (Fsp3) is 0.412. The topological polar surface area (TPSA) is 41.4 Å². The zero-order valence-corrected chi connectivity index (χ0v) is 15.5. The molecule has 0 radical (unpaired) electrons. The lowest BCUT2D eigenvalue weighted by molar-refractivity contribution is 0.0640. The van der Waals surface area contributed by atoms with Crippen molar-refractivity contribution >= 4 is 29.1 Å². The number of amides is 1. The first-order valence-electron chi connectivity index (χ1n) is 7.81. The minimum Gasteiger partial charge on any atom is -0.340 e. The van der Waals surface area contributed by atoms with Crippen molar-refractivity contribution in [2.75, 3.05) is 33.7 Å². The quantitative estimate of drug-likeness (QED) is 0.834. The summed E-state index contributed by atoms with van der Waals surface area (Å²) in [5.74, 6) is 0.480. The second-order valence-electron chi connectivity index (χ2n) is 6.45. The molecule has 0 spiro atoms. The van der Waals surface area contributed by atoms with E-state index in [1.165, 1.54) is 0 Å². The van der Waals surface area contributed by atoms with Crippen molar-refractivity contribution in [3.05, 3.63) is 45.7 Å². The predicted molar refractivity (Wildman–Crippen MR) is 96.3 cm³/mol. The second kappa shape index (κ2) is 6.75. The molecule has 0 saturated carbocycles. The number of carbonyl (C=O) groups is 1. The summed E-state index contributed by atoms with van der Waals surface area (Å²) >= 11 is 12.0. The van der Waals surface area contributed by atoms with E-state index in [2.05, 4.69) is 17.0 Å². The Morgan fingerprint density at radius 3 is 2.62 bits per heavy atom. The number of likely N-dealkylation sites (tertiary alicyclic amines) is 1. The van der Waals surface area contributed by atoms with Gasteiger partial charge < -0.3 is 9.80 Å². The molecule has 0 unspecified atom stereocenters. The van der Waals surface area contributed by atoms with E-state index in [9.17, 15) is 4.79 Å². The molecule has 2 heterocycles. The Labute approximate surface area is 151 Å². The first-order chi connectivity index (χ1) is 11.3. The number of aryl methyl sites for hydroxylation is 1. The molecule has 2 aromatic rings. The molecule has 24 heavy (non-hydrogen) atoms. The van der Waals surface area contributed by atoms with Crippen molar-refractivity contribution < 1.29 is 4.79 Å². The van der Waals surface area contributed by atoms with Crippen LogP contribution in [0, 0.1) is 12.8 Å². The van der Waals surface area contributed by atoms with Crippen LogP contribution < -0.4 is 0 Å². The van der Waals surface area contributed by atoms with Crippen LogP contribution in [0.2, 0.25) is 10.0 Å². The highest BCUT2D eigenvalue weighted by Gasteiger charge is 2.27. The third kappa shape index (κ3) is 3.43. The van der Waals surface area contributed by atoms with E-state index in [4.69, 9.17) is 23.2 Å². The molecule has 1 aromatic heterocycles. The van der Waals surface area contributed by atoms with Crippen molar-refractivity contribution in [1.82, 2.24) is 19.6 Å². The van der Waals surface area contributed by atoms with Gasteiger partial charge in [0.15, 0.2) is 5.69 Å². The highest BCUT2D eigenvalue weighted by atomic mass is 35.5. The van der Waals surface area contributed by atoms with Crippen molar-refractivity contribution in [3.63, 3.8) is 0 Å². The van der Waals surface area contributed by atoms with Gasteiger partial charge >= 0.3 is 0 Å². The predicted octanol–water partition coefficient (Wildman–Crippen LogP) is 3.12. The van der Waals surface area contributed by atoms with Gasteiger partial charge in [-0.05, 0) is 38.2 Å². The summed E-state index contributed by atoms with van der Waals surface area (Å²) in [4.78, 5) is 16.6. The molecule has 0 bridgehead atoms. The number of aromatic nitrogens is 2. The zero-order valence-electron chi connectivity index (χ0n) is 14.0. The summed E-state index contributed by atoms with van der Waals surface area (Å²) in [5.41, 5.74) is 2.09. The Morgan fingerprint density at radius 2 is 2.00 bits per heavy atom. The number of hydrogen-bond donors (Lipinski definition) is 0. The Morgan fingerprint density at radius 1 is 1.29 bits per heavy atom. The molecule has 0 N–H and O–H groups in total. The summed E-state index contributed by atoms with van der Waals surface area (Å²) in [7, 11) is 3.91. The molecule has 3 rings (SSSR count). The van der Waals surface area contributed by atoms with Crippen LogP contribution in [-0.2, 0) is 0 Å². The smallest absolute Gasteiger partial charge is 0.274 e. The molecular formula is C17H20Cl2N4O. The summed E-state index contributed by atoms with van der Waals surface area (Å²) in [6.45, 7) is 4.73. The minimum absolute atomic E-state index is 0.0635. The van der Waals surface area contributed by atoms with Gasteiger partial charge in [-0.25, -0.2) is 4.68 Å². The highest BCUT2D eigenvalue weighted by molar-refractivity contribution is 6.42. The Hall–Kier alpha value is -1.56. The van der Waals surface area contributed by atoms with E-state index in [1.54, 1.807) is 27.8 Å². The van der Waals surface area contributed by atoms with Gasteiger partial charge in [0, 0.05) is 38.3 Å². The molecule has 7 heteroatoms. The van der Waals surface area contributed by atoms with E-state index in [-0.39, 0.29) is 5.91 Å². The maximum Gasteiger partial charge on any atom is 0.274 e. The lowest BCUT2D eigenvalue weighted by atomic mass is 10.0. The molecule has 1 saturated heterocycles. The molecule has 1 aliphatic rings. The SMILES string of the molecule is Cc1cc(C(=O)N(C)CC2CN(C)C2)nn1-c1ccc(Cl)c(Cl)c1. The first-order valence-corrected chi connectivity index (χ1v) is 8.57. The maximum atomic E-state index is 12.6. The van der Waals surface area contributed by atoms with Gasteiger partial charge in [0.1, 0.15) is 0 Å². The van der Waals surface area contributed by atoms with Crippen LogP contribution in [0.3, 0.4) is 0 Å². The Balaban J connectivity index is 1.77. The fourth-order valence-electron chi connectivity index (χ4n) is 3.07. The van der Waals surface area contributed by atoms with Crippen molar-refractivity contribution in [2.45, 2.75) is 6.92 Å². The lowest BCUT2D eigenvalue weighted by Crippen LogP contribution is -2.49. The van der Waals surface area contributed by atoms with Gasteiger partial charge in [-0.3, -0.25) is 4.79 Å². The van der Waals surface area contributed by atoms with Crippen LogP contribution in [0.4, 0.5) is 0 Å². The normalized spacial score (nSPS) is 15.4. The van der Waals surface area contributed by atoms with E-state index in [0.29, 0.717) is 21.7 Å². The van der Waals surface area contributed by atoms with Gasteiger partial charge in [-0.2, -0.15) is 5.10 Å². The Kier molecular flexibility index (Phi) is 4.85. The third-order valence-electron chi connectivity index (χ3n) is 4.27. The molecule has 128 valence electrons. The van der Waals surface area contributed by atoms with Gasteiger partial charge in [0.25, 0.3) is 5.91 Å². The highest BCUT2D eigenvalue weighted by Crippen LogP contribution is 2.25. The van der Waals surface area contributed by atoms with Crippen LogP contribution in [0.1, 0.15) is 16.2 Å². The summed E-state index contributed by atoms with van der Waals surface area (Å²) in [6, 6.07) is 7.09. The molecular weight excluding hydrogens is 347 g/mol. The number of carbonyl (C=O) groups excluding carboxylic acids is 1. The van der Waals surface area contributed by atoms with E-state index in [1.807, 2.05) is 20.0 Å². The largest absolute Gasteiger partial charge is 0.340 e. The van der Waals surface area contributed by atoms with Crippen LogP contribution in [0.5, 0.6) is 0 Å². The average molecular weight is 367 g/mol. The minimum atomic E-state index is -0.0635. The van der Waals surface area contributed by atoms with Gasteiger partial charge in [0.05, 0.1) is 15.7 Å². The van der Waals surface area contributed by atoms with E-state index >= 15 is 0 Å². The number of nitrogens with zero attached hydrogens (tertiary/aromatic N) is 4. The number of benzene rings is 1. The molecule has 0 atom stereocenters. The van der Waals surface area contributed by atoms with E-state index in [0.717, 1.165) is 31.0 Å². The van der Waals surface area contributed by atoms with Crippen molar-refractivity contribution in [2.24, 2.45) is 5.92 Å². The zero-order chi connectivity index (χ0) is 17.4. The molecule has 1 fully saturated rings. The van der Waals surface area contributed by atoms with Crippen LogP contribution in [-0.4, -0.2) is 59.2 Å². The standard InChI is InChI=1S/C17H20Cl2N4O/c1-11-6-16(17(24)22(3)10-12-8-21(2)9-12)20-23(11)13-4-5-14(18)15(19)7-13/h4-7,12H,8-10H2,1-3H3. The number of halogens is 2. The lowest BCUT2D eigenvalue weighted by Gasteiger charge is -2.38. The molecule has 1 aliphatic heterocycles. The monoisotopic (exact) mass is 366 g/mol. The molecule has 5 nitrogen and oxygen atoms in total.